The van der Waals surface area contributed by atoms with Crippen molar-refractivity contribution in [2.24, 2.45) is 5.73 Å². The fourth-order valence-electron chi connectivity index (χ4n) is 3.27. The maximum Gasteiger partial charge on any atom is 0.0468 e. The van der Waals surface area contributed by atoms with Crippen LogP contribution in [-0.2, 0) is 0 Å². The molecule has 1 aliphatic rings. The van der Waals surface area contributed by atoms with Crippen molar-refractivity contribution >= 4 is 31.9 Å². The van der Waals surface area contributed by atoms with Gasteiger partial charge in [-0.05, 0) is 82.5 Å². The van der Waals surface area contributed by atoms with E-state index in [0.717, 1.165) is 22.0 Å². The number of halogens is 2. The van der Waals surface area contributed by atoms with E-state index in [1.54, 1.807) is 0 Å². The Morgan fingerprint density at radius 3 is 2.76 bits per heavy atom. The molecule has 3 nitrogen and oxygen atoms in total. The molecule has 0 bridgehead atoms. The van der Waals surface area contributed by atoms with Crippen molar-refractivity contribution in [1.82, 2.24) is 9.80 Å². The van der Waals surface area contributed by atoms with Crippen molar-refractivity contribution in [2.75, 3.05) is 33.2 Å². The Labute approximate surface area is 145 Å². The van der Waals surface area contributed by atoms with Crippen LogP contribution in [0, 0.1) is 0 Å². The van der Waals surface area contributed by atoms with Gasteiger partial charge in [0.1, 0.15) is 0 Å². The molecule has 2 rings (SSSR count). The second-order valence-corrected chi connectivity index (χ2v) is 7.50. The van der Waals surface area contributed by atoms with Gasteiger partial charge in [0.2, 0.25) is 0 Å². The first-order chi connectivity index (χ1) is 10.1. The second-order valence-electron chi connectivity index (χ2n) is 5.79. The summed E-state index contributed by atoms with van der Waals surface area (Å²) in [6.07, 6.45) is 2.63. The van der Waals surface area contributed by atoms with Gasteiger partial charge in [0, 0.05) is 34.1 Å². The summed E-state index contributed by atoms with van der Waals surface area (Å²) in [7, 11) is 2.19. The van der Waals surface area contributed by atoms with E-state index >= 15 is 0 Å². The number of nitrogens with two attached hydrogens (primary N) is 1. The van der Waals surface area contributed by atoms with E-state index in [2.05, 4.69) is 73.8 Å². The molecule has 1 fully saturated rings. The molecule has 1 saturated heterocycles. The Bertz CT molecular complexity index is 467. The van der Waals surface area contributed by atoms with E-state index in [0.29, 0.717) is 12.6 Å². The van der Waals surface area contributed by atoms with Gasteiger partial charge in [0.25, 0.3) is 0 Å². The van der Waals surface area contributed by atoms with Crippen molar-refractivity contribution in [2.45, 2.75) is 31.8 Å². The van der Waals surface area contributed by atoms with Gasteiger partial charge in [-0.15, -0.1) is 0 Å². The first-order valence-electron chi connectivity index (χ1n) is 7.66. The smallest absolute Gasteiger partial charge is 0.0468 e. The molecule has 5 heteroatoms. The van der Waals surface area contributed by atoms with Crippen LogP contribution < -0.4 is 5.73 Å². The average Bonchev–Trinajstić information content (AvgIpc) is 2.90. The van der Waals surface area contributed by atoms with E-state index < -0.39 is 0 Å². The lowest BCUT2D eigenvalue weighted by Crippen LogP contribution is -2.41. The zero-order chi connectivity index (χ0) is 15.4. The predicted octanol–water partition coefficient (Wildman–Crippen LogP) is 3.63. The topological polar surface area (TPSA) is 32.5 Å². The second kappa shape index (κ2) is 8.06. The SMILES string of the molecule is CCN1CCCC1CN(C)C(CN)c1ccc(Br)c(Br)c1. The highest BCUT2D eigenvalue weighted by molar-refractivity contribution is 9.13. The van der Waals surface area contributed by atoms with Gasteiger partial charge in [-0.25, -0.2) is 0 Å². The largest absolute Gasteiger partial charge is 0.329 e. The van der Waals surface area contributed by atoms with Crippen molar-refractivity contribution < 1.29 is 0 Å². The lowest BCUT2D eigenvalue weighted by molar-refractivity contribution is 0.166. The highest BCUT2D eigenvalue weighted by Crippen LogP contribution is 2.29. The first-order valence-corrected chi connectivity index (χ1v) is 9.24. The highest BCUT2D eigenvalue weighted by atomic mass is 79.9. The molecular formula is C16H25Br2N3. The molecule has 1 aromatic carbocycles. The van der Waals surface area contributed by atoms with Gasteiger partial charge in [-0.1, -0.05) is 13.0 Å². The number of nitrogens with zero attached hydrogens (tertiary/aromatic N) is 2. The van der Waals surface area contributed by atoms with Crippen LogP contribution in [0.25, 0.3) is 0 Å². The summed E-state index contributed by atoms with van der Waals surface area (Å²) in [6.45, 7) is 6.37. The summed E-state index contributed by atoms with van der Waals surface area (Å²) in [4.78, 5) is 5.00. The quantitative estimate of drug-likeness (QED) is 0.765. The Hall–Kier alpha value is 0.0600. The zero-order valence-corrected chi connectivity index (χ0v) is 16.0. The van der Waals surface area contributed by atoms with Crippen LogP contribution in [0.5, 0.6) is 0 Å². The van der Waals surface area contributed by atoms with E-state index in [1.165, 1.54) is 24.9 Å². The molecule has 2 unspecified atom stereocenters. The molecule has 21 heavy (non-hydrogen) atoms. The molecule has 0 spiro atoms. The molecule has 1 aromatic rings. The third kappa shape index (κ3) is 4.29. The Morgan fingerprint density at radius 1 is 1.38 bits per heavy atom. The Morgan fingerprint density at radius 2 is 2.14 bits per heavy atom. The van der Waals surface area contributed by atoms with Crippen LogP contribution in [0.2, 0.25) is 0 Å². The van der Waals surface area contributed by atoms with Gasteiger partial charge >= 0.3 is 0 Å². The minimum atomic E-state index is 0.272. The summed E-state index contributed by atoms with van der Waals surface area (Å²) in [5.74, 6) is 0. The molecule has 2 N–H and O–H groups in total. The standard InChI is InChI=1S/C16H25Br2N3/c1-3-21-8-4-5-13(21)11-20(2)16(10-19)12-6-7-14(17)15(18)9-12/h6-7,9,13,16H,3-5,8,10-11,19H2,1-2H3. The summed E-state index contributed by atoms with van der Waals surface area (Å²) in [5, 5.41) is 0. The van der Waals surface area contributed by atoms with Crippen LogP contribution in [0.15, 0.2) is 27.1 Å². The lowest BCUT2D eigenvalue weighted by Gasteiger charge is -2.33. The fraction of sp³-hybridized carbons (Fsp3) is 0.625. The lowest BCUT2D eigenvalue weighted by atomic mass is 10.0. The normalized spacial score (nSPS) is 21.1. The van der Waals surface area contributed by atoms with Gasteiger partial charge in [0.05, 0.1) is 0 Å². The zero-order valence-electron chi connectivity index (χ0n) is 12.9. The molecule has 0 radical (unpaired) electrons. The number of rotatable bonds is 6. The maximum atomic E-state index is 6.05. The Kier molecular flexibility index (Phi) is 6.69. The number of likely N-dealkylation sites (tertiary alicyclic amines) is 1. The third-order valence-electron chi connectivity index (χ3n) is 4.49. The number of benzene rings is 1. The summed E-state index contributed by atoms with van der Waals surface area (Å²) in [5.41, 5.74) is 7.33. The predicted molar refractivity (Wildman–Crippen MR) is 96.5 cm³/mol. The van der Waals surface area contributed by atoms with Gasteiger partial charge in [0.15, 0.2) is 0 Å². The van der Waals surface area contributed by atoms with Crippen LogP contribution in [0.4, 0.5) is 0 Å². The molecule has 1 aliphatic heterocycles. The molecular weight excluding hydrogens is 394 g/mol. The van der Waals surface area contributed by atoms with Gasteiger partial charge in [-0.3, -0.25) is 9.80 Å². The van der Waals surface area contributed by atoms with Crippen molar-refractivity contribution in [3.8, 4) is 0 Å². The van der Waals surface area contributed by atoms with E-state index in [1.807, 2.05) is 0 Å². The van der Waals surface area contributed by atoms with Crippen molar-refractivity contribution in [3.05, 3.63) is 32.7 Å². The van der Waals surface area contributed by atoms with Crippen molar-refractivity contribution in [3.63, 3.8) is 0 Å². The minimum absolute atomic E-state index is 0.272. The molecule has 0 amide bonds. The first kappa shape index (κ1) is 17.4. The molecule has 1 heterocycles. The average molecular weight is 419 g/mol. The van der Waals surface area contributed by atoms with Crippen molar-refractivity contribution in [1.29, 1.82) is 0 Å². The Balaban J connectivity index is 2.07. The number of hydrogen-bond acceptors (Lipinski definition) is 3. The monoisotopic (exact) mass is 417 g/mol. The molecule has 2 atom stereocenters. The fourth-order valence-corrected chi connectivity index (χ4v) is 3.91. The van der Waals surface area contributed by atoms with Crippen LogP contribution >= 0.6 is 31.9 Å². The minimum Gasteiger partial charge on any atom is -0.329 e. The number of hydrogen-bond donors (Lipinski definition) is 1. The van der Waals surface area contributed by atoms with E-state index in [9.17, 15) is 0 Å². The third-order valence-corrected chi connectivity index (χ3v) is 6.37. The van der Waals surface area contributed by atoms with E-state index in [4.69, 9.17) is 5.73 Å². The molecule has 0 aromatic heterocycles. The summed E-state index contributed by atoms with van der Waals surface area (Å²) < 4.78 is 2.17. The van der Waals surface area contributed by atoms with Crippen LogP contribution in [0.3, 0.4) is 0 Å². The van der Waals surface area contributed by atoms with Gasteiger partial charge < -0.3 is 5.73 Å². The molecule has 0 aliphatic carbocycles. The molecule has 0 saturated carbocycles. The maximum absolute atomic E-state index is 6.05. The van der Waals surface area contributed by atoms with E-state index in [-0.39, 0.29) is 6.04 Å². The summed E-state index contributed by atoms with van der Waals surface area (Å²) in [6, 6.07) is 7.37. The number of likely N-dealkylation sites (N-methyl/N-ethyl adjacent to an activating group) is 2. The van der Waals surface area contributed by atoms with Gasteiger partial charge in [-0.2, -0.15) is 0 Å². The summed E-state index contributed by atoms with van der Waals surface area (Å²) >= 11 is 7.11. The van der Waals surface area contributed by atoms with Crippen LogP contribution in [-0.4, -0.2) is 49.1 Å². The molecule has 118 valence electrons. The van der Waals surface area contributed by atoms with Crippen LogP contribution in [0.1, 0.15) is 31.4 Å². The highest BCUT2D eigenvalue weighted by Gasteiger charge is 2.26.